The molecule has 21 heavy (non-hydrogen) atoms. The van der Waals surface area contributed by atoms with Crippen LogP contribution in [0.4, 0.5) is 8.78 Å². The molecule has 2 aliphatic rings. The monoisotopic (exact) mass is 288 g/mol. The van der Waals surface area contributed by atoms with Crippen molar-refractivity contribution in [1.29, 1.82) is 0 Å². The van der Waals surface area contributed by atoms with Gasteiger partial charge in [-0.25, -0.2) is 8.78 Å². The Bertz CT molecular complexity index is 515. The second kappa shape index (κ2) is 6.52. The van der Waals surface area contributed by atoms with Crippen LogP contribution < -0.4 is 0 Å². The van der Waals surface area contributed by atoms with Gasteiger partial charge in [0.15, 0.2) is 0 Å². The Morgan fingerprint density at radius 3 is 2.43 bits per heavy atom. The van der Waals surface area contributed by atoms with Crippen LogP contribution in [0.2, 0.25) is 0 Å². The fourth-order valence-corrected chi connectivity index (χ4v) is 3.19. The number of nitrogens with zero attached hydrogens (tertiary/aromatic N) is 1. The quantitative estimate of drug-likeness (QED) is 0.804. The lowest BCUT2D eigenvalue weighted by Crippen LogP contribution is -2.36. The van der Waals surface area contributed by atoms with E-state index in [9.17, 15) is 8.78 Å². The van der Waals surface area contributed by atoms with Crippen LogP contribution in [0.3, 0.4) is 0 Å². The summed E-state index contributed by atoms with van der Waals surface area (Å²) in [5, 5.41) is 0. The maximum Gasteiger partial charge on any atom is 0.132 e. The van der Waals surface area contributed by atoms with Crippen LogP contribution >= 0.6 is 0 Å². The normalized spacial score (nSPS) is 25.0. The maximum absolute atomic E-state index is 13.9. The molecule has 1 heterocycles. The molecule has 1 radical (unpaired) electrons. The lowest BCUT2D eigenvalue weighted by molar-refractivity contribution is 0.174. The van der Waals surface area contributed by atoms with Crippen molar-refractivity contribution in [2.24, 2.45) is 5.92 Å². The van der Waals surface area contributed by atoms with E-state index < -0.39 is 12.0 Å². The van der Waals surface area contributed by atoms with Gasteiger partial charge in [-0.1, -0.05) is 36.4 Å². The first-order chi connectivity index (χ1) is 10.2. The highest BCUT2D eigenvalue weighted by atomic mass is 19.1. The van der Waals surface area contributed by atoms with Crippen LogP contribution in [-0.4, -0.2) is 24.2 Å². The predicted molar refractivity (Wildman–Crippen MR) is 80.9 cm³/mol. The van der Waals surface area contributed by atoms with Crippen LogP contribution in [0.25, 0.3) is 0 Å². The Balaban J connectivity index is 1.53. The third-order valence-corrected chi connectivity index (χ3v) is 4.37. The molecule has 1 aliphatic carbocycles. The fourth-order valence-electron chi connectivity index (χ4n) is 3.19. The molecule has 1 atom stereocenters. The average molecular weight is 288 g/mol. The molecule has 1 unspecified atom stereocenters. The summed E-state index contributed by atoms with van der Waals surface area (Å²) in [6.45, 7) is 2.89. The van der Waals surface area contributed by atoms with Crippen LogP contribution in [-0.2, 0) is 6.54 Å². The number of likely N-dealkylation sites (tertiary alicyclic amines) is 1. The highest BCUT2D eigenvalue weighted by Crippen LogP contribution is 2.35. The van der Waals surface area contributed by atoms with Crippen molar-refractivity contribution in [3.63, 3.8) is 0 Å². The summed E-state index contributed by atoms with van der Waals surface area (Å²) in [5.41, 5.74) is 1.31. The molecule has 111 valence electrons. The Labute approximate surface area is 125 Å². The number of benzene rings is 1. The second-order valence-corrected chi connectivity index (χ2v) is 5.82. The number of rotatable bonds is 3. The van der Waals surface area contributed by atoms with E-state index in [2.05, 4.69) is 29.2 Å². The molecular formula is C18H20F2N. The van der Waals surface area contributed by atoms with Gasteiger partial charge in [0, 0.05) is 12.5 Å². The SMILES string of the molecule is FC1=CC(F)[C](C2CCN(Cc3ccccc3)CC2)C=C1. The minimum atomic E-state index is -1.25. The first-order valence-electron chi connectivity index (χ1n) is 7.55. The smallest absolute Gasteiger partial charge is 0.132 e. The molecule has 0 N–H and O–H groups in total. The largest absolute Gasteiger partial charge is 0.299 e. The van der Waals surface area contributed by atoms with E-state index in [1.165, 1.54) is 11.6 Å². The maximum atomic E-state index is 13.9. The van der Waals surface area contributed by atoms with Gasteiger partial charge in [-0.15, -0.1) is 0 Å². The van der Waals surface area contributed by atoms with Gasteiger partial charge in [0.05, 0.1) is 0 Å². The molecule has 1 fully saturated rings. The average Bonchev–Trinajstić information content (AvgIpc) is 2.49. The standard InChI is InChI=1S/C18H20F2N/c19-16-6-7-17(18(20)12-16)15-8-10-21(11-9-15)13-14-4-2-1-3-5-14/h1-7,12,15,18H,8-11,13H2. The van der Waals surface area contributed by atoms with Gasteiger partial charge in [0.1, 0.15) is 12.0 Å². The van der Waals surface area contributed by atoms with Crippen molar-refractivity contribution in [2.45, 2.75) is 25.6 Å². The number of halogens is 2. The highest BCUT2D eigenvalue weighted by Gasteiger charge is 2.32. The summed E-state index contributed by atoms with van der Waals surface area (Å²) in [4.78, 5) is 2.41. The molecular weight excluding hydrogens is 268 g/mol. The zero-order chi connectivity index (χ0) is 14.7. The Kier molecular flexibility index (Phi) is 4.49. The number of piperidine rings is 1. The number of allylic oxidation sites excluding steroid dienone is 4. The highest BCUT2D eigenvalue weighted by molar-refractivity contribution is 5.33. The Morgan fingerprint density at radius 1 is 1.05 bits per heavy atom. The van der Waals surface area contributed by atoms with Crippen LogP contribution in [0.5, 0.6) is 0 Å². The molecule has 0 bridgehead atoms. The zero-order valence-corrected chi connectivity index (χ0v) is 12.0. The molecule has 3 rings (SSSR count). The number of alkyl halides is 1. The Hall–Kier alpha value is -1.48. The Morgan fingerprint density at radius 2 is 1.76 bits per heavy atom. The molecule has 1 nitrogen and oxygen atoms in total. The fraction of sp³-hybridized carbons (Fsp3) is 0.389. The van der Waals surface area contributed by atoms with Gasteiger partial charge >= 0.3 is 0 Å². The molecule has 1 aliphatic heterocycles. The summed E-state index contributed by atoms with van der Waals surface area (Å²) in [6, 6.07) is 10.4. The van der Waals surface area contributed by atoms with Crippen molar-refractivity contribution < 1.29 is 8.78 Å². The lowest BCUT2D eigenvalue weighted by atomic mass is 9.79. The van der Waals surface area contributed by atoms with Gasteiger partial charge in [-0.05, 0) is 49.6 Å². The van der Waals surface area contributed by atoms with Gasteiger partial charge in [-0.3, -0.25) is 4.90 Å². The lowest BCUT2D eigenvalue weighted by Gasteiger charge is -2.36. The molecule has 0 aromatic heterocycles. The van der Waals surface area contributed by atoms with E-state index in [0.29, 0.717) is 0 Å². The van der Waals surface area contributed by atoms with Crippen molar-refractivity contribution in [2.75, 3.05) is 13.1 Å². The summed E-state index contributed by atoms with van der Waals surface area (Å²) in [7, 11) is 0. The second-order valence-electron chi connectivity index (χ2n) is 5.82. The van der Waals surface area contributed by atoms with Crippen molar-refractivity contribution in [1.82, 2.24) is 4.90 Å². The molecule has 1 saturated heterocycles. The van der Waals surface area contributed by atoms with Crippen LogP contribution in [0, 0.1) is 11.8 Å². The van der Waals surface area contributed by atoms with Crippen molar-refractivity contribution in [3.8, 4) is 0 Å². The topological polar surface area (TPSA) is 3.24 Å². The predicted octanol–water partition coefficient (Wildman–Crippen LogP) is 4.23. The first kappa shape index (κ1) is 14.5. The zero-order valence-electron chi connectivity index (χ0n) is 12.0. The van der Waals surface area contributed by atoms with Crippen LogP contribution in [0.1, 0.15) is 18.4 Å². The number of hydrogen-bond acceptors (Lipinski definition) is 1. The molecule has 3 heteroatoms. The number of hydrogen-bond donors (Lipinski definition) is 0. The van der Waals surface area contributed by atoms with Gasteiger partial charge in [-0.2, -0.15) is 0 Å². The minimum absolute atomic E-state index is 0.243. The van der Waals surface area contributed by atoms with Gasteiger partial charge < -0.3 is 0 Å². The van der Waals surface area contributed by atoms with Crippen LogP contribution in [0.15, 0.2) is 54.4 Å². The third-order valence-electron chi connectivity index (χ3n) is 4.37. The summed E-state index contributed by atoms with van der Waals surface area (Å²) in [5.74, 6) is 0.524. The van der Waals surface area contributed by atoms with Gasteiger partial charge in [0.2, 0.25) is 0 Å². The summed E-state index contributed by atoms with van der Waals surface area (Å²) in [6.07, 6.45) is 4.73. The minimum Gasteiger partial charge on any atom is -0.299 e. The molecule has 0 saturated carbocycles. The van der Waals surface area contributed by atoms with Gasteiger partial charge in [0.25, 0.3) is 0 Å². The molecule has 1 aromatic carbocycles. The summed E-state index contributed by atoms with van der Waals surface area (Å²) < 4.78 is 26.9. The third kappa shape index (κ3) is 3.59. The molecule has 1 aromatic rings. The van der Waals surface area contributed by atoms with E-state index in [0.717, 1.165) is 44.5 Å². The van der Waals surface area contributed by atoms with E-state index in [-0.39, 0.29) is 5.92 Å². The van der Waals surface area contributed by atoms with E-state index in [1.807, 2.05) is 6.07 Å². The first-order valence-corrected chi connectivity index (χ1v) is 7.55. The van der Waals surface area contributed by atoms with Crippen molar-refractivity contribution >= 4 is 0 Å². The van der Waals surface area contributed by atoms with E-state index in [4.69, 9.17) is 0 Å². The van der Waals surface area contributed by atoms with Crippen molar-refractivity contribution in [3.05, 3.63) is 65.9 Å². The summed E-state index contributed by atoms with van der Waals surface area (Å²) >= 11 is 0. The molecule has 0 spiro atoms. The molecule has 0 amide bonds. The van der Waals surface area contributed by atoms with E-state index in [1.54, 1.807) is 6.08 Å². The van der Waals surface area contributed by atoms with E-state index >= 15 is 0 Å².